The monoisotopic (exact) mass is 318 g/mol. The summed E-state index contributed by atoms with van der Waals surface area (Å²) >= 11 is 0. The zero-order chi connectivity index (χ0) is 17.5. The molecule has 1 N–H and O–H groups in total. The Morgan fingerprint density at radius 3 is 2.33 bits per heavy atom. The quantitative estimate of drug-likeness (QED) is 0.848. The number of allylic oxidation sites excluding steroid dienone is 2. The van der Waals surface area contributed by atoms with Gasteiger partial charge in [-0.05, 0) is 31.2 Å². The highest BCUT2D eigenvalue weighted by Crippen LogP contribution is 2.19. The van der Waals surface area contributed by atoms with Gasteiger partial charge in [-0.2, -0.15) is 20.9 Å². The number of nitrogens with one attached hydrogen (secondary N) is 1. The minimum atomic E-state index is -0.259. The highest BCUT2D eigenvalue weighted by molar-refractivity contribution is 5.58. The van der Waals surface area contributed by atoms with E-state index in [1.165, 1.54) is 0 Å². The van der Waals surface area contributed by atoms with E-state index < -0.39 is 0 Å². The predicted octanol–water partition coefficient (Wildman–Crippen LogP) is 2.54. The van der Waals surface area contributed by atoms with E-state index >= 15 is 0 Å². The van der Waals surface area contributed by atoms with E-state index in [0.29, 0.717) is 18.0 Å². The van der Waals surface area contributed by atoms with E-state index in [2.05, 4.69) is 10.4 Å². The highest BCUT2D eigenvalue weighted by atomic mass is 16.5. The number of nitrogens with zero attached hydrogens (tertiary/aromatic N) is 5. The fourth-order valence-electron chi connectivity index (χ4n) is 2.01. The van der Waals surface area contributed by atoms with Crippen molar-refractivity contribution in [2.24, 2.45) is 7.05 Å². The number of aryl methyl sites for hydroxylation is 2. The Labute approximate surface area is 139 Å². The zero-order valence-electron chi connectivity index (χ0n) is 13.2. The van der Waals surface area contributed by atoms with Gasteiger partial charge in [-0.25, -0.2) is 0 Å². The Kier molecular flexibility index (Phi) is 5.18. The van der Waals surface area contributed by atoms with E-state index in [1.54, 1.807) is 47.2 Å². The zero-order valence-corrected chi connectivity index (χ0v) is 13.2. The summed E-state index contributed by atoms with van der Waals surface area (Å²) in [6.07, 6.45) is 1.90. The normalized spacial score (nSPS) is 9.29. The lowest BCUT2D eigenvalue weighted by molar-refractivity contribution is 0.305. The first-order valence-corrected chi connectivity index (χ1v) is 7.01. The van der Waals surface area contributed by atoms with Gasteiger partial charge in [0.05, 0.1) is 5.69 Å². The SMILES string of the molecule is Cc1nn(C)cc1COc1ccc(NC(C#N)=C(C#N)C#N)cc1. The molecule has 2 rings (SSSR count). The molecule has 1 aromatic carbocycles. The van der Waals surface area contributed by atoms with E-state index in [0.717, 1.165) is 11.3 Å². The third kappa shape index (κ3) is 3.91. The van der Waals surface area contributed by atoms with Crippen molar-refractivity contribution in [3.8, 4) is 24.0 Å². The first-order chi connectivity index (χ1) is 11.6. The van der Waals surface area contributed by atoms with Crippen LogP contribution in [0.1, 0.15) is 11.3 Å². The van der Waals surface area contributed by atoms with Gasteiger partial charge in [-0.3, -0.25) is 4.68 Å². The van der Waals surface area contributed by atoms with Crippen LogP contribution in [0.2, 0.25) is 0 Å². The van der Waals surface area contributed by atoms with Crippen molar-refractivity contribution < 1.29 is 4.74 Å². The average molecular weight is 318 g/mol. The summed E-state index contributed by atoms with van der Waals surface area (Å²) in [5, 5.41) is 33.6. The van der Waals surface area contributed by atoms with Gasteiger partial charge in [0.15, 0.2) is 5.57 Å². The molecule has 7 nitrogen and oxygen atoms in total. The smallest absolute Gasteiger partial charge is 0.163 e. The van der Waals surface area contributed by atoms with Crippen LogP contribution >= 0.6 is 0 Å². The number of anilines is 1. The molecule has 0 amide bonds. The van der Waals surface area contributed by atoms with Crippen LogP contribution in [0.4, 0.5) is 5.69 Å². The predicted molar refractivity (Wildman–Crippen MR) is 86.2 cm³/mol. The fraction of sp³-hybridized carbons (Fsp3) is 0.176. The second kappa shape index (κ2) is 7.49. The number of hydrogen-bond donors (Lipinski definition) is 1. The largest absolute Gasteiger partial charge is 0.489 e. The molecule has 7 heteroatoms. The van der Waals surface area contributed by atoms with Gasteiger partial charge in [0, 0.05) is 24.5 Å². The summed E-state index contributed by atoms with van der Waals surface area (Å²) in [4.78, 5) is 0. The van der Waals surface area contributed by atoms with Crippen LogP contribution in [0.3, 0.4) is 0 Å². The van der Waals surface area contributed by atoms with Gasteiger partial charge in [0.25, 0.3) is 0 Å². The molecular weight excluding hydrogens is 304 g/mol. The van der Waals surface area contributed by atoms with Gasteiger partial charge in [-0.15, -0.1) is 0 Å². The van der Waals surface area contributed by atoms with Gasteiger partial charge < -0.3 is 10.1 Å². The Balaban J connectivity index is 2.05. The maximum atomic E-state index is 9.01. The van der Waals surface area contributed by atoms with E-state index in [1.807, 2.05) is 20.2 Å². The third-order valence-electron chi connectivity index (χ3n) is 3.22. The van der Waals surface area contributed by atoms with Crippen molar-refractivity contribution >= 4 is 5.69 Å². The van der Waals surface area contributed by atoms with Crippen molar-refractivity contribution in [3.63, 3.8) is 0 Å². The Morgan fingerprint density at radius 1 is 1.17 bits per heavy atom. The fourth-order valence-corrected chi connectivity index (χ4v) is 2.01. The van der Waals surface area contributed by atoms with Crippen LogP contribution in [0.15, 0.2) is 41.7 Å². The Morgan fingerprint density at radius 2 is 1.83 bits per heavy atom. The van der Waals surface area contributed by atoms with Crippen molar-refractivity contribution in [2.75, 3.05) is 5.32 Å². The minimum Gasteiger partial charge on any atom is -0.489 e. The number of hydrogen-bond acceptors (Lipinski definition) is 6. The molecule has 0 unspecified atom stereocenters. The first-order valence-electron chi connectivity index (χ1n) is 7.01. The number of rotatable bonds is 5. The molecule has 0 saturated carbocycles. The molecule has 0 saturated heterocycles. The van der Waals surface area contributed by atoms with Crippen LogP contribution in [0.5, 0.6) is 5.75 Å². The van der Waals surface area contributed by atoms with Crippen LogP contribution in [0, 0.1) is 40.9 Å². The molecule has 0 bridgehead atoms. The lowest BCUT2D eigenvalue weighted by Crippen LogP contribution is -2.01. The highest BCUT2D eigenvalue weighted by Gasteiger charge is 2.07. The molecule has 1 heterocycles. The van der Waals surface area contributed by atoms with Crippen molar-refractivity contribution in [1.82, 2.24) is 9.78 Å². The molecule has 0 aliphatic heterocycles. The van der Waals surface area contributed by atoms with Crippen LogP contribution in [0.25, 0.3) is 0 Å². The van der Waals surface area contributed by atoms with Crippen molar-refractivity contribution in [1.29, 1.82) is 15.8 Å². The van der Waals surface area contributed by atoms with Gasteiger partial charge in [0.1, 0.15) is 36.3 Å². The molecule has 0 aliphatic carbocycles. The Bertz CT molecular complexity index is 871. The third-order valence-corrected chi connectivity index (χ3v) is 3.22. The van der Waals surface area contributed by atoms with Gasteiger partial charge >= 0.3 is 0 Å². The molecule has 0 atom stereocenters. The second-order valence-corrected chi connectivity index (χ2v) is 4.94. The molecule has 0 radical (unpaired) electrons. The number of benzene rings is 1. The van der Waals surface area contributed by atoms with Gasteiger partial charge in [-0.1, -0.05) is 0 Å². The van der Waals surface area contributed by atoms with Crippen molar-refractivity contribution in [3.05, 3.63) is 53.0 Å². The van der Waals surface area contributed by atoms with Crippen molar-refractivity contribution in [2.45, 2.75) is 13.5 Å². The van der Waals surface area contributed by atoms with E-state index in [4.69, 9.17) is 20.5 Å². The average Bonchev–Trinajstić information content (AvgIpc) is 2.91. The number of aromatic nitrogens is 2. The molecule has 1 aromatic heterocycles. The number of nitriles is 3. The van der Waals surface area contributed by atoms with Gasteiger partial charge in [0.2, 0.25) is 0 Å². The molecule has 0 spiro atoms. The first kappa shape index (κ1) is 16.6. The van der Waals surface area contributed by atoms with E-state index in [9.17, 15) is 0 Å². The topological polar surface area (TPSA) is 110 Å². The molecule has 2 aromatic rings. The summed E-state index contributed by atoms with van der Waals surface area (Å²) in [5.41, 5.74) is 2.16. The van der Waals surface area contributed by atoms with E-state index in [-0.39, 0.29) is 11.3 Å². The van der Waals surface area contributed by atoms with Crippen LogP contribution < -0.4 is 10.1 Å². The summed E-state index contributed by atoms with van der Waals surface area (Å²) in [5.74, 6) is 0.659. The lowest BCUT2D eigenvalue weighted by Gasteiger charge is -2.08. The summed E-state index contributed by atoms with van der Waals surface area (Å²) < 4.78 is 7.43. The van der Waals surface area contributed by atoms with Crippen LogP contribution in [-0.2, 0) is 13.7 Å². The maximum Gasteiger partial charge on any atom is 0.163 e. The minimum absolute atomic E-state index is 0.0837. The maximum absolute atomic E-state index is 9.01. The molecular formula is C17H14N6O. The molecule has 0 fully saturated rings. The molecule has 24 heavy (non-hydrogen) atoms. The molecule has 0 aliphatic rings. The standard InChI is InChI=1S/C17H14N6O/c1-12-14(10-23(2)22-12)11-24-16-5-3-15(4-6-16)21-17(9-20)13(7-18)8-19/h3-6,10,21H,11H2,1-2H3. The summed E-state index contributed by atoms with van der Waals surface area (Å²) in [6, 6.07) is 12.0. The summed E-state index contributed by atoms with van der Waals surface area (Å²) in [7, 11) is 1.86. The van der Waals surface area contributed by atoms with Crippen LogP contribution in [-0.4, -0.2) is 9.78 Å². The number of ether oxygens (including phenoxy) is 1. The summed E-state index contributed by atoms with van der Waals surface area (Å²) in [6.45, 7) is 2.33. The lowest BCUT2D eigenvalue weighted by atomic mass is 10.2. The molecule has 118 valence electrons. The Hall–Kier alpha value is -3.76. The second-order valence-electron chi connectivity index (χ2n) is 4.94.